The summed E-state index contributed by atoms with van der Waals surface area (Å²) in [5, 5.41) is 5.18. The van der Waals surface area contributed by atoms with E-state index in [4.69, 9.17) is 4.74 Å². The van der Waals surface area contributed by atoms with Crippen LogP contribution in [-0.4, -0.2) is 37.3 Å². The summed E-state index contributed by atoms with van der Waals surface area (Å²) in [6, 6.07) is 8.77. The molecule has 0 radical (unpaired) electrons. The van der Waals surface area contributed by atoms with Gasteiger partial charge >= 0.3 is 11.9 Å². The highest BCUT2D eigenvalue weighted by atomic mass is 16.6. The van der Waals surface area contributed by atoms with Gasteiger partial charge in [-0.2, -0.15) is 5.10 Å². The average Bonchev–Trinajstić information content (AvgIpc) is 2.53. The number of amides is 1. The molecular formula is C14H14N2O5. The summed E-state index contributed by atoms with van der Waals surface area (Å²) in [6.45, 7) is -0.479. The number of hydrogen-bond acceptors (Lipinski definition) is 6. The van der Waals surface area contributed by atoms with Crippen molar-refractivity contribution in [3.05, 3.63) is 30.3 Å². The van der Waals surface area contributed by atoms with Gasteiger partial charge < -0.3 is 9.47 Å². The van der Waals surface area contributed by atoms with Crippen molar-refractivity contribution >= 4 is 29.2 Å². The van der Waals surface area contributed by atoms with E-state index in [0.29, 0.717) is 5.69 Å². The Morgan fingerprint density at radius 3 is 2.62 bits per heavy atom. The summed E-state index contributed by atoms with van der Waals surface area (Å²) in [5.41, 5.74) is 0.669. The van der Waals surface area contributed by atoms with Crippen LogP contribution in [0.25, 0.3) is 0 Å². The Bertz CT molecular complexity index is 582. The third-order valence-electron chi connectivity index (χ3n) is 2.82. The Morgan fingerprint density at radius 1 is 1.24 bits per heavy atom. The first-order chi connectivity index (χ1) is 10.1. The minimum absolute atomic E-state index is 0.0994. The molecule has 7 heteroatoms. The van der Waals surface area contributed by atoms with E-state index in [-0.39, 0.29) is 24.5 Å². The van der Waals surface area contributed by atoms with Crippen LogP contribution < -0.4 is 5.01 Å². The fraction of sp³-hybridized carbons (Fsp3) is 0.286. The van der Waals surface area contributed by atoms with Crippen LogP contribution in [0.2, 0.25) is 0 Å². The number of rotatable bonds is 4. The second-order valence-electron chi connectivity index (χ2n) is 4.24. The lowest BCUT2D eigenvalue weighted by atomic mass is 10.1. The highest BCUT2D eigenvalue weighted by molar-refractivity contribution is 6.38. The molecule has 21 heavy (non-hydrogen) atoms. The predicted molar refractivity (Wildman–Crippen MR) is 73.6 cm³/mol. The number of hydrogen-bond donors (Lipinski definition) is 0. The number of anilines is 1. The highest BCUT2D eigenvalue weighted by Crippen LogP contribution is 2.19. The Morgan fingerprint density at radius 2 is 1.95 bits per heavy atom. The largest absolute Gasteiger partial charge is 0.466 e. The molecule has 0 saturated carbocycles. The molecule has 1 aromatic rings. The van der Waals surface area contributed by atoms with Gasteiger partial charge in [-0.3, -0.25) is 4.79 Å². The molecule has 1 heterocycles. The second kappa shape index (κ2) is 6.65. The molecule has 0 unspecified atom stereocenters. The zero-order valence-corrected chi connectivity index (χ0v) is 11.4. The molecule has 2 rings (SSSR count). The highest BCUT2D eigenvalue weighted by Gasteiger charge is 2.26. The van der Waals surface area contributed by atoms with Crippen LogP contribution >= 0.6 is 0 Å². The van der Waals surface area contributed by atoms with E-state index in [1.54, 1.807) is 24.3 Å². The number of carbonyl (C=O) groups is 3. The Kier molecular flexibility index (Phi) is 4.65. The van der Waals surface area contributed by atoms with E-state index in [2.05, 4.69) is 9.84 Å². The predicted octanol–water partition coefficient (Wildman–Crippen LogP) is 0.886. The summed E-state index contributed by atoms with van der Waals surface area (Å²) >= 11 is 0. The fourth-order valence-electron chi connectivity index (χ4n) is 1.74. The Hall–Kier alpha value is -2.70. The van der Waals surface area contributed by atoms with Crippen LogP contribution in [0.3, 0.4) is 0 Å². The van der Waals surface area contributed by atoms with Crippen molar-refractivity contribution in [1.29, 1.82) is 0 Å². The molecule has 0 saturated heterocycles. The van der Waals surface area contributed by atoms with Crippen LogP contribution in [0.4, 0.5) is 5.69 Å². The summed E-state index contributed by atoms with van der Waals surface area (Å²) in [5.74, 6) is -1.59. The topological polar surface area (TPSA) is 85.3 Å². The van der Waals surface area contributed by atoms with Gasteiger partial charge in [0.15, 0.2) is 6.61 Å². The van der Waals surface area contributed by atoms with Crippen molar-refractivity contribution in [2.75, 3.05) is 18.7 Å². The molecule has 0 aromatic heterocycles. The number of methoxy groups -OCH3 is 1. The van der Waals surface area contributed by atoms with Crippen molar-refractivity contribution in [3.63, 3.8) is 0 Å². The van der Waals surface area contributed by atoms with Gasteiger partial charge in [0.05, 0.1) is 12.8 Å². The molecule has 1 aliphatic rings. The van der Waals surface area contributed by atoms with Gasteiger partial charge in [-0.1, -0.05) is 18.2 Å². The lowest BCUT2D eigenvalue weighted by Gasteiger charge is -2.22. The summed E-state index contributed by atoms with van der Waals surface area (Å²) < 4.78 is 9.15. The standard InChI is InChI=1S/C14H14N2O5/c1-20-13(18)9-21-14(19)11-7-8-12(17)16(15-11)10-5-3-2-4-6-10/h2-6H,7-9H2,1H3. The maximum atomic E-state index is 11.9. The maximum absolute atomic E-state index is 11.9. The van der Waals surface area contributed by atoms with E-state index < -0.39 is 18.5 Å². The smallest absolute Gasteiger partial charge is 0.355 e. The lowest BCUT2D eigenvalue weighted by Crippen LogP contribution is -2.35. The fourth-order valence-corrected chi connectivity index (χ4v) is 1.74. The van der Waals surface area contributed by atoms with E-state index in [0.717, 1.165) is 5.01 Å². The van der Waals surface area contributed by atoms with Crippen molar-refractivity contribution in [2.24, 2.45) is 5.10 Å². The second-order valence-corrected chi connectivity index (χ2v) is 4.24. The van der Waals surface area contributed by atoms with Gasteiger partial charge in [-0.05, 0) is 12.1 Å². The summed E-state index contributed by atoms with van der Waals surface area (Å²) in [6.07, 6.45) is 0.337. The molecule has 0 bridgehead atoms. The molecule has 1 aliphatic heterocycles. The maximum Gasteiger partial charge on any atom is 0.355 e. The minimum atomic E-state index is -0.728. The zero-order valence-electron chi connectivity index (χ0n) is 11.4. The molecule has 0 atom stereocenters. The van der Waals surface area contributed by atoms with Crippen LogP contribution in [0, 0.1) is 0 Å². The first kappa shape index (κ1) is 14.7. The van der Waals surface area contributed by atoms with Crippen molar-refractivity contribution in [1.82, 2.24) is 0 Å². The SMILES string of the molecule is COC(=O)COC(=O)C1=NN(c2ccccc2)C(=O)CC1. The first-order valence-electron chi connectivity index (χ1n) is 6.31. The van der Waals surface area contributed by atoms with Crippen molar-refractivity contribution < 1.29 is 23.9 Å². The third-order valence-corrected chi connectivity index (χ3v) is 2.82. The zero-order chi connectivity index (χ0) is 15.2. The lowest BCUT2D eigenvalue weighted by molar-refractivity contribution is -0.153. The van der Waals surface area contributed by atoms with E-state index in [9.17, 15) is 14.4 Å². The molecule has 1 aromatic carbocycles. The van der Waals surface area contributed by atoms with Gasteiger partial charge in [0.2, 0.25) is 5.91 Å². The third kappa shape index (κ3) is 3.65. The van der Waals surface area contributed by atoms with Crippen molar-refractivity contribution in [3.8, 4) is 0 Å². The molecule has 0 N–H and O–H groups in total. The van der Waals surface area contributed by atoms with E-state index >= 15 is 0 Å². The molecule has 7 nitrogen and oxygen atoms in total. The Balaban J connectivity index is 2.11. The number of nitrogens with zero attached hydrogens (tertiary/aromatic N) is 2. The van der Waals surface area contributed by atoms with Crippen LogP contribution in [-0.2, 0) is 23.9 Å². The van der Waals surface area contributed by atoms with E-state index in [1.165, 1.54) is 7.11 Å². The van der Waals surface area contributed by atoms with Gasteiger partial charge in [0.1, 0.15) is 5.71 Å². The summed E-state index contributed by atoms with van der Waals surface area (Å²) in [7, 11) is 1.20. The van der Waals surface area contributed by atoms with Gasteiger partial charge in [0, 0.05) is 12.8 Å². The quantitative estimate of drug-likeness (QED) is 0.769. The van der Waals surface area contributed by atoms with Gasteiger partial charge in [-0.15, -0.1) is 0 Å². The van der Waals surface area contributed by atoms with Gasteiger partial charge in [-0.25, -0.2) is 14.6 Å². The first-order valence-corrected chi connectivity index (χ1v) is 6.31. The molecule has 1 amide bonds. The summed E-state index contributed by atoms with van der Waals surface area (Å²) in [4.78, 5) is 34.6. The number of carbonyl (C=O) groups excluding carboxylic acids is 3. The van der Waals surface area contributed by atoms with Crippen LogP contribution in [0.5, 0.6) is 0 Å². The number of benzene rings is 1. The number of hydrazone groups is 1. The molecule has 0 fully saturated rings. The van der Waals surface area contributed by atoms with Gasteiger partial charge in [0.25, 0.3) is 0 Å². The molecule has 0 aliphatic carbocycles. The number of esters is 2. The van der Waals surface area contributed by atoms with Crippen molar-refractivity contribution in [2.45, 2.75) is 12.8 Å². The number of para-hydroxylation sites is 1. The van der Waals surface area contributed by atoms with Crippen LogP contribution in [0.15, 0.2) is 35.4 Å². The molecule has 0 spiro atoms. The minimum Gasteiger partial charge on any atom is -0.466 e. The monoisotopic (exact) mass is 290 g/mol. The van der Waals surface area contributed by atoms with E-state index in [1.807, 2.05) is 6.07 Å². The number of ether oxygens (including phenoxy) is 2. The Labute approximate surface area is 121 Å². The normalized spacial score (nSPS) is 14.4. The van der Waals surface area contributed by atoms with Crippen LogP contribution in [0.1, 0.15) is 12.8 Å². The molecule has 110 valence electrons. The molecular weight excluding hydrogens is 276 g/mol. The average molecular weight is 290 g/mol.